The van der Waals surface area contributed by atoms with E-state index in [0.29, 0.717) is 0 Å². The molecule has 0 atom stereocenters. The Balaban J connectivity index is 0.000000921. The van der Waals surface area contributed by atoms with Crippen LogP contribution >= 0.6 is 13.6 Å². The summed E-state index contributed by atoms with van der Waals surface area (Å²) >= 11 is 4.25. The molecule has 0 N–H and O–H groups in total. The Morgan fingerprint density at radius 1 is 1.33 bits per heavy atom. The third-order valence-electron chi connectivity index (χ3n) is 1.23. The summed E-state index contributed by atoms with van der Waals surface area (Å²) in [6.07, 6.45) is 0. The van der Waals surface area contributed by atoms with Crippen molar-refractivity contribution in [2.75, 3.05) is 0 Å². The Bertz CT molecular complexity index is 313. The zero-order valence-electron chi connectivity index (χ0n) is 8.90. The second-order valence-corrected chi connectivity index (χ2v) is 3.71. The minimum atomic E-state index is -0.727. The molecular weight excluding hydrogens is 319 g/mol. The van der Waals surface area contributed by atoms with E-state index in [-0.39, 0.29) is 5.75 Å². The van der Waals surface area contributed by atoms with E-state index in [0.717, 1.165) is 12.1 Å². The van der Waals surface area contributed by atoms with Gasteiger partial charge in [-0.2, -0.15) is 0 Å². The molecule has 0 aromatic heterocycles. The summed E-state index contributed by atoms with van der Waals surface area (Å²) in [5.41, 5.74) is -0.505. The van der Waals surface area contributed by atoms with Crippen LogP contribution in [0.4, 0.5) is 8.78 Å². The van der Waals surface area contributed by atoms with Crippen LogP contribution < -0.4 is 4.74 Å². The van der Waals surface area contributed by atoms with Crippen molar-refractivity contribution >= 4 is 13.6 Å². The molecule has 0 aliphatic carbocycles. The maximum absolute atomic E-state index is 13.0. The molecule has 0 heterocycles. The maximum atomic E-state index is 13.0. The molecule has 0 fully saturated rings. The van der Waals surface area contributed by atoms with Gasteiger partial charge in [0.05, 0.1) is 11.4 Å². The summed E-state index contributed by atoms with van der Waals surface area (Å²) in [6.45, 7) is 5.34. The van der Waals surface area contributed by atoms with Gasteiger partial charge in [-0.15, -0.1) is 12.1 Å². The van der Waals surface area contributed by atoms with Gasteiger partial charge in [-0.05, 0) is 20.8 Å². The van der Waals surface area contributed by atoms with Gasteiger partial charge in [-0.1, -0.05) is 6.07 Å². The standard InChI is InChI=1S/C10H11F2O.BrH.Zn/c1-10(2,3)13-9-5-4-7(11)6-8(9)12;;/h4,6H,1-3H3;1H;/q-1;;+2/p-1. The molecule has 1 rings (SSSR count). The van der Waals surface area contributed by atoms with Gasteiger partial charge in [0.25, 0.3) is 0 Å². The average Bonchev–Trinajstić information content (AvgIpc) is 2.12. The Labute approximate surface area is 105 Å². The number of benzene rings is 1. The summed E-state index contributed by atoms with van der Waals surface area (Å²) < 4.78 is 30.6. The summed E-state index contributed by atoms with van der Waals surface area (Å²) in [5.74, 6) is -1.43. The second kappa shape index (κ2) is 6.54. The van der Waals surface area contributed by atoms with E-state index in [9.17, 15) is 8.78 Å². The summed E-state index contributed by atoms with van der Waals surface area (Å²) in [7, 11) is 0. The second-order valence-electron chi connectivity index (χ2n) is 3.71. The summed E-state index contributed by atoms with van der Waals surface area (Å²) in [5, 5.41) is 0. The fourth-order valence-electron chi connectivity index (χ4n) is 0.816. The van der Waals surface area contributed by atoms with E-state index in [2.05, 4.69) is 19.7 Å². The average molecular weight is 330 g/mol. The quantitative estimate of drug-likeness (QED) is 0.562. The molecule has 0 unspecified atom stereocenters. The van der Waals surface area contributed by atoms with Gasteiger partial charge in [0.15, 0.2) is 0 Å². The van der Waals surface area contributed by atoms with Gasteiger partial charge in [-0.25, -0.2) is 0 Å². The molecule has 80 valence electrons. The van der Waals surface area contributed by atoms with E-state index in [1.807, 2.05) is 0 Å². The van der Waals surface area contributed by atoms with Crippen LogP contribution in [-0.2, 0) is 16.3 Å². The van der Waals surface area contributed by atoms with Crippen LogP contribution in [0, 0.1) is 17.7 Å². The number of halogens is 3. The predicted octanol–water partition coefficient (Wildman–Crippen LogP) is 3.79. The van der Waals surface area contributed by atoms with Crippen LogP contribution in [-0.4, -0.2) is 5.60 Å². The fourth-order valence-corrected chi connectivity index (χ4v) is 0.816. The van der Waals surface area contributed by atoms with E-state index in [1.165, 1.54) is 16.3 Å². The van der Waals surface area contributed by atoms with Gasteiger partial charge in [0, 0.05) is 11.6 Å². The van der Waals surface area contributed by atoms with Crippen molar-refractivity contribution in [1.29, 1.82) is 0 Å². The zero-order chi connectivity index (χ0) is 12.1. The van der Waals surface area contributed by atoms with Gasteiger partial charge in [0.2, 0.25) is 0 Å². The number of hydrogen-bond donors (Lipinski definition) is 0. The molecule has 0 spiro atoms. The van der Waals surface area contributed by atoms with Crippen molar-refractivity contribution in [3.05, 3.63) is 29.8 Å². The predicted molar refractivity (Wildman–Crippen MR) is 54.5 cm³/mol. The molecule has 0 saturated heterocycles. The molecule has 0 bridgehead atoms. The fraction of sp³-hybridized carbons (Fsp3) is 0.400. The van der Waals surface area contributed by atoms with Crippen LogP contribution in [0.3, 0.4) is 0 Å². The van der Waals surface area contributed by atoms with Crippen molar-refractivity contribution in [2.45, 2.75) is 26.4 Å². The van der Waals surface area contributed by atoms with E-state index >= 15 is 0 Å². The van der Waals surface area contributed by atoms with E-state index in [1.54, 1.807) is 20.8 Å². The molecule has 15 heavy (non-hydrogen) atoms. The molecule has 0 amide bonds. The van der Waals surface area contributed by atoms with E-state index in [4.69, 9.17) is 4.74 Å². The Kier molecular flexibility index (Phi) is 6.53. The number of rotatable bonds is 1. The molecule has 5 heteroatoms. The van der Waals surface area contributed by atoms with Crippen LogP contribution in [0.25, 0.3) is 0 Å². The summed E-state index contributed by atoms with van der Waals surface area (Å²) in [6, 6.07) is 4.21. The van der Waals surface area contributed by atoms with Crippen LogP contribution in [0.2, 0.25) is 0 Å². The van der Waals surface area contributed by atoms with Gasteiger partial charge in [0.1, 0.15) is 0 Å². The molecule has 0 aliphatic rings. The van der Waals surface area contributed by atoms with Crippen LogP contribution in [0.15, 0.2) is 12.1 Å². The van der Waals surface area contributed by atoms with Crippen molar-refractivity contribution < 1.29 is 29.9 Å². The number of hydrogen-bond acceptors (Lipinski definition) is 1. The molecule has 0 aliphatic heterocycles. The Morgan fingerprint density at radius 3 is 2.27 bits per heavy atom. The molecule has 1 nitrogen and oxygen atoms in total. The van der Waals surface area contributed by atoms with Crippen molar-refractivity contribution in [2.24, 2.45) is 0 Å². The first kappa shape index (κ1) is 15.0. The minimum absolute atomic E-state index is 0.0473. The Hall–Kier alpha value is -0.0166. The summed E-state index contributed by atoms with van der Waals surface area (Å²) in [4.78, 5) is 0. The molecule has 1 aromatic carbocycles. The van der Waals surface area contributed by atoms with E-state index < -0.39 is 17.2 Å². The first-order valence-electron chi connectivity index (χ1n) is 4.21. The van der Waals surface area contributed by atoms with Crippen molar-refractivity contribution in [3.63, 3.8) is 0 Å². The van der Waals surface area contributed by atoms with Crippen molar-refractivity contribution in [1.82, 2.24) is 0 Å². The number of ether oxygens (including phenoxy) is 1. The van der Waals surface area contributed by atoms with Crippen LogP contribution in [0.1, 0.15) is 20.8 Å². The normalized spacial score (nSPS) is 10.4. The first-order chi connectivity index (χ1) is 6.88. The topological polar surface area (TPSA) is 9.23 Å². The SMILES string of the molecule is CC(C)(C)Oc1[c-]cc(F)cc1F.[Zn+][Br]. The van der Waals surface area contributed by atoms with Gasteiger partial charge < -0.3 is 4.74 Å². The molecular formula is C10H11BrF2OZn. The van der Waals surface area contributed by atoms with Crippen molar-refractivity contribution in [3.8, 4) is 5.75 Å². The van der Waals surface area contributed by atoms with Gasteiger partial charge >= 0.3 is 30.0 Å². The van der Waals surface area contributed by atoms with Crippen LogP contribution in [0.5, 0.6) is 5.75 Å². The first-order valence-corrected chi connectivity index (χ1v) is 11.2. The monoisotopic (exact) mass is 328 g/mol. The third-order valence-corrected chi connectivity index (χ3v) is 1.23. The molecule has 1 aromatic rings. The zero-order valence-corrected chi connectivity index (χ0v) is 13.5. The molecule has 0 radical (unpaired) electrons. The third kappa shape index (κ3) is 6.21. The molecule has 0 saturated carbocycles. The van der Waals surface area contributed by atoms with Gasteiger partial charge in [-0.3, -0.25) is 8.78 Å². The Morgan fingerprint density at radius 2 is 1.87 bits per heavy atom.